The van der Waals surface area contributed by atoms with Crippen molar-refractivity contribution in [3.8, 4) is 5.75 Å². The number of nitrogens with zero attached hydrogens (tertiary/aromatic N) is 3. The van der Waals surface area contributed by atoms with Crippen LogP contribution in [0.5, 0.6) is 5.75 Å². The first-order valence-electron chi connectivity index (χ1n) is 13.8. The van der Waals surface area contributed by atoms with E-state index in [1.165, 1.54) is 35.6 Å². The quantitative estimate of drug-likeness (QED) is 0.299. The van der Waals surface area contributed by atoms with Crippen LogP contribution in [0, 0.1) is 0 Å². The average Bonchev–Trinajstić information content (AvgIpc) is 3.41. The fourth-order valence-corrected chi connectivity index (χ4v) is 7.81. The third-order valence-corrected chi connectivity index (χ3v) is 11.3. The molecule has 0 radical (unpaired) electrons. The molecule has 0 saturated carbocycles. The Labute approximate surface area is 250 Å². The molecule has 2 aromatic carbocycles. The molecule has 2 saturated heterocycles. The van der Waals surface area contributed by atoms with E-state index < -0.39 is 43.9 Å². The van der Waals surface area contributed by atoms with Gasteiger partial charge in [-0.25, -0.2) is 26.4 Å². The number of nitrogens with one attached hydrogen (secondary N) is 1. The van der Waals surface area contributed by atoms with E-state index in [0.717, 1.165) is 10.3 Å². The largest absolute Gasteiger partial charge is 0.491 e. The van der Waals surface area contributed by atoms with E-state index in [9.17, 15) is 31.8 Å². The van der Waals surface area contributed by atoms with Crippen LogP contribution >= 0.6 is 0 Å². The van der Waals surface area contributed by atoms with Crippen molar-refractivity contribution in [3.63, 3.8) is 0 Å². The maximum atomic E-state index is 13.4. The molecule has 43 heavy (non-hydrogen) atoms. The molecule has 2 unspecified atom stereocenters. The molecule has 0 aliphatic carbocycles. The second-order valence-electron chi connectivity index (χ2n) is 10.7. The Kier molecular flexibility index (Phi) is 8.92. The smallest absolute Gasteiger partial charge is 0.407 e. The highest BCUT2D eigenvalue weighted by Crippen LogP contribution is 2.39. The van der Waals surface area contributed by atoms with Gasteiger partial charge in [0.2, 0.25) is 20.0 Å². The highest BCUT2D eigenvalue weighted by Gasteiger charge is 2.47. The number of carboxylic acid groups (broad SMARTS) is 1. The molecule has 5 rings (SSSR count). The number of aliphatic hydroxyl groups excluding tert-OH is 1. The molecule has 2 aliphatic heterocycles. The van der Waals surface area contributed by atoms with Crippen molar-refractivity contribution in [3.05, 3.63) is 60.8 Å². The van der Waals surface area contributed by atoms with Gasteiger partial charge in [-0.3, -0.25) is 4.98 Å². The molecule has 3 heterocycles. The fraction of sp³-hybridized carbons (Fsp3) is 0.429. The standard InChI is InChI=1S/C28H34N4O9S2/c1-29-42(36,37)24-6-2-5-23(15-24)40-19-22(33)17-32(27(34)35)21-16-28(41-18-21)9-12-31(13-10-28)43(38,39)25-7-8-26-20(14-25)4-3-11-30-26/h2-8,11,14-15,21-22,29,33H,9-10,12-13,16-19H2,1H3,(H,34,35). The van der Waals surface area contributed by atoms with E-state index in [0.29, 0.717) is 24.8 Å². The zero-order valence-electron chi connectivity index (χ0n) is 23.5. The summed E-state index contributed by atoms with van der Waals surface area (Å²) in [5, 5.41) is 21.2. The number of aromatic nitrogens is 1. The summed E-state index contributed by atoms with van der Waals surface area (Å²) in [4.78, 5) is 17.7. The van der Waals surface area contributed by atoms with Crippen LogP contribution in [0.3, 0.4) is 0 Å². The maximum absolute atomic E-state index is 13.4. The Hall–Kier alpha value is -3.34. The van der Waals surface area contributed by atoms with E-state index in [4.69, 9.17) is 9.47 Å². The summed E-state index contributed by atoms with van der Waals surface area (Å²) >= 11 is 0. The number of rotatable bonds is 10. The summed E-state index contributed by atoms with van der Waals surface area (Å²) in [5.74, 6) is 0.211. The summed E-state index contributed by atoms with van der Waals surface area (Å²) in [6.45, 7) is 0.0701. The lowest BCUT2D eigenvalue weighted by atomic mass is 9.88. The summed E-state index contributed by atoms with van der Waals surface area (Å²) in [5.41, 5.74) is 0.0385. The minimum Gasteiger partial charge on any atom is -0.491 e. The molecule has 1 spiro atoms. The number of benzene rings is 2. The first-order chi connectivity index (χ1) is 20.4. The number of ether oxygens (including phenoxy) is 2. The van der Waals surface area contributed by atoms with E-state index in [-0.39, 0.29) is 48.4 Å². The topological polar surface area (TPSA) is 176 Å². The lowest BCUT2D eigenvalue weighted by molar-refractivity contribution is -0.0319. The molecule has 232 valence electrons. The van der Waals surface area contributed by atoms with Crippen molar-refractivity contribution in [1.29, 1.82) is 0 Å². The molecule has 13 nitrogen and oxygen atoms in total. The Bertz CT molecular complexity index is 1690. The van der Waals surface area contributed by atoms with Gasteiger partial charge >= 0.3 is 6.09 Å². The summed E-state index contributed by atoms with van der Waals surface area (Å²) in [7, 11) is -6.13. The van der Waals surface area contributed by atoms with Gasteiger partial charge in [-0.15, -0.1) is 0 Å². The molecule has 3 aromatic rings. The number of carbonyl (C=O) groups is 1. The molecular formula is C28H34N4O9S2. The van der Waals surface area contributed by atoms with Crippen molar-refractivity contribution in [1.82, 2.24) is 18.9 Å². The normalized spacial score (nSPS) is 19.8. The summed E-state index contributed by atoms with van der Waals surface area (Å²) in [6.07, 6.45) is 0.411. The second kappa shape index (κ2) is 12.3. The number of piperidine rings is 1. The lowest BCUT2D eigenvalue weighted by Gasteiger charge is -2.38. The monoisotopic (exact) mass is 634 g/mol. The van der Waals surface area contributed by atoms with Crippen LogP contribution in [0.4, 0.5) is 4.79 Å². The van der Waals surface area contributed by atoms with Crippen molar-refractivity contribution in [2.45, 2.75) is 46.8 Å². The maximum Gasteiger partial charge on any atom is 0.407 e. The van der Waals surface area contributed by atoms with Crippen molar-refractivity contribution < 1.29 is 41.3 Å². The molecule has 2 atom stereocenters. The van der Waals surface area contributed by atoms with Gasteiger partial charge in [0.15, 0.2) is 0 Å². The molecule has 15 heteroatoms. The van der Waals surface area contributed by atoms with Gasteiger partial charge in [0.25, 0.3) is 0 Å². The summed E-state index contributed by atoms with van der Waals surface area (Å²) in [6, 6.07) is 13.6. The first kappa shape index (κ1) is 31.1. The molecular weight excluding hydrogens is 600 g/mol. The van der Waals surface area contributed by atoms with E-state index in [1.807, 2.05) is 6.07 Å². The zero-order valence-corrected chi connectivity index (χ0v) is 25.1. The molecule has 0 bridgehead atoms. The number of pyridine rings is 1. The molecule has 1 amide bonds. The van der Waals surface area contributed by atoms with Crippen LogP contribution in [0.15, 0.2) is 70.6 Å². The number of amides is 1. The molecule has 2 aliphatic rings. The van der Waals surface area contributed by atoms with Gasteiger partial charge in [0.1, 0.15) is 18.5 Å². The van der Waals surface area contributed by atoms with Gasteiger partial charge in [-0.1, -0.05) is 12.1 Å². The molecule has 3 N–H and O–H groups in total. The van der Waals surface area contributed by atoms with Crippen LogP contribution in [0.2, 0.25) is 0 Å². The number of fused-ring (bicyclic) bond motifs is 1. The number of aliphatic hydroxyl groups is 1. The number of hydrogen-bond acceptors (Lipinski definition) is 9. The Morgan fingerprint density at radius 2 is 1.91 bits per heavy atom. The average molecular weight is 635 g/mol. The Morgan fingerprint density at radius 3 is 2.63 bits per heavy atom. The van der Waals surface area contributed by atoms with E-state index >= 15 is 0 Å². The highest BCUT2D eigenvalue weighted by atomic mass is 32.2. The Morgan fingerprint density at radius 1 is 1.14 bits per heavy atom. The van der Waals surface area contributed by atoms with Crippen molar-refractivity contribution in [2.24, 2.45) is 0 Å². The predicted molar refractivity (Wildman–Crippen MR) is 156 cm³/mol. The third kappa shape index (κ3) is 6.76. The van der Waals surface area contributed by atoms with Crippen LogP contribution in [-0.2, 0) is 24.8 Å². The fourth-order valence-electron chi connectivity index (χ4n) is 5.57. The van der Waals surface area contributed by atoms with Gasteiger partial charge in [0, 0.05) is 30.7 Å². The van der Waals surface area contributed by atoms with Gasteiger partial charge in [-0.05, 0) is 62.7 Å². The van der Waals surface area contributed by atoms with Crippen molar-refractivity contribution in [2.75, 3.05) is 39.9 Å². The number of sulfonamides is 2. The zero-order chi connectivity index (χ0) is 30.8. The third-order valence-electron chi connectivity index (χ3n) is 7.96. The van der Waals surface area contributed by atoms with Crippen LogP contribution in [0.1, 0.15) is 19.3 Å². The van der Waals surface area contributed by atoms with E-state index in [2.05, 4.69) is 9.71 Å². The van der Waals surface area contributed by atoms with Crippen LogP contribution in [0.25, 0.3) is 10.9 Å². The van der Waals surface area contributed by atoms with Gasteiger partial charge < -0.3 is 24.6 Å². The van der Waals surface area contributed by atoms with Gasteiger partial charge in [0.05, 0.1) is 40.1 Å². The van der Waals surface area contributed by atoms with Crippen molar-refractivity contribution >= 4 is 37.0 Å². The second-order valence-corrected chi connectivity index (χ2v) is 14.5. The molecule has 2 fully saturated rings. The van der Waals surface area contributed by atoms with E-state index in [1.54, 1.807) is 30.5 Å². The minimum atomic E-state index is -3.74. The predicted octanol–water partition coefficient (Wildman–Crippen LogP) is 1.88. The molecule has 1 aromatic heterocycles. The SMILES string of the molecule is CNS(=O)(=O)c1cccc(OCC(O)CN(C(=O)O)C2COC3(CCN(S(=O)(=O)c4ccc5ncccc5c4)CC3)C2)c1. The summed E-state index contributed by atoms with van der Waals surface area (Å²) < 4.78 is 66.1. The van der Waals surface area contributed by atoms with Gasteiger partial charge in [-0.2, -0.15) is 4.31 Å². The number of hydrogen-bond donors (Lipinski definition) is 3. The highest BCUT2D eigenvalue weighted by molar-refractivity contribution is 7.89. The van der Waals surface area contributed by atoms with Crippen LogP contribution < -0.4 is 9.46 Å². The first-order valence-corrected chi connectivity index (χ1v) is 16.7. The minimum absolute atomic E-state index is 0.00374. The lowest BCUT2D eigenvalue weighted by Crippen LogP contribution is -2.48. The Balaban J connectivity index is 1.17. The van der Waals surface area contributed by atoms with Crippen LogP contribution in [-0.4, -0.2) is 105 Å².